The predicted molar refractivity (Wildman–Crippen MR) is 83.3 cm³/mol. The summed E-state index contributed by atoms with van der Waals surface area (Å²) in [7, 11) is 0. The highest BCUT2D eigenvalue weighted by atomic mass is 32.1. The summed E-state index contributed by atoms with van der Waals surface area (Å²) in [4.78, 5) is 30.5. The lowest BCUT2D eigenvalue weighted by Gasteiger charge is -2.01. The Balaban J connectivity index is 2.19. The third-order valence-corrected chi connectivity index (χ3v) is 3.68. The molecular formula is C15H13N3O2S. The third-order valence-electron chi connectivity index (χ3n) is 3.36. The SMILES string of the molecule is CCn1c(=S)[nH]c2cc(C(=O)c3ccccc3)[nH]c2c1=O. The molecule has 21 heavy (non-hydrogen) atoms. The van der Waals surface area contributed by atoms with E-state index in [1.165, 1.54) is 4.57 Å². The molecule has 2 N–H and O–H groups in total. The first kappa shape index (κ1) is 13.5. The Morgan fingerprint density at radius 2 is 1.95 bits per heavy atom. The summed E-state index contributed by atoms with van der Waals surface area (Å²) < 4.78 is 1.80. The molecule has 0 bridgehead atoms. The Kier molecular flexibility index (Phi) is 3.31. The minimum Gasteiger partial charge on any atom is -0.346 e. The van der Waals surface area contributed by atoms with Crippen molar-refractivity contribution >= 4 is 29.0 Å². The highest BCUT2D eigenvalue weighted by Crippen LogP contribution is 2.13. The van der Waals surface area contributed by atoms with Crippen molar-refractivity contribution in [3.8, 4) is 0 Å². The summed E-state index contributed by atoms with van der Waals surface area (Å²) in [5.41, 5.74) is 1.63. The molecule has 0 radical (unpaired) electrons. The Hall–Kier alpha value is -2.47. The van der Waals surface area contributed by atoms with Crippen LogP contribution in [0.5, 0.6) is 0 Å². The Bertz CT molecular complexity index is 935. The van der Waals surface area contributed by atoms with Crippen molar-refractivity contribution in [3.05, 3.63) is 62.8 Å². The van der Waals surface area contributed by atoms with E-state index in [2.05, 4.69) is 9.97 Å². The van der Waals surface area contributed by atoms with Gasteiger partial charge in [-0.2, -0.15) is 0 Å². The number of H-pyrrole nitrogens is 2. The lowest BCUT2D eigenvalue weighted by atomic mass is 10.1. The molecule has 0 saturated heterocycles. The first-order chi connectivity index (χ1) is 10.1. The maximum absolute atomic E-state index is 12.4. The van der Waals surface area contributed by atoms with Crippen LogP contribution in [0.15, 0.2) is 41.2 Å². The minimum absolute atomic E-state index is 0.159. The fraction of sp³-hybridized carbons (Fsp3) is 0.133. The molecule has 1 aromatic carbocycles. The van der Waals surface area contributed by atoms with Crippen molar-refractivity contribution in [2.75, 3.05) is 0 Å². The standard InChI is InChI=1S/C15H13N3O2S/c1-2-18-14(20)12-10(17-15(18)21)8-11(16-12)13(19)9-6-4-3-5-7-9/h3-8,16H,2H2,1H3,(H,17,21). The van der Waals surface area contributed by atoms with Crippen LogP contribution < -0.4 is 5.56 Å². The predicted octanol–water partition coefficient (Wildman–Crippen LogP) is 2.64. The van der Waals surface area contributed by atoms with E-state index in [0.717, 1.165) is 0 Å². The largest absolute Gasteiger partial charge is 0.346 e. The second-order valence-electron chi connectivity index (χ2n) is 4.65. The summed E-state index contributed by atoms with van der Waals surface area (Å²) >= 11 is 5.14. The number of nitrogens with zero attached hydrogens (tertiary/aromatic N) is 1. The van der Waals surface area contributed by atoms with Crippen LogP contribution in [-0.2, 0) is 6.54 Å². The molecular weight excluding hydrogens is 286 g/mol. The monoisotopic (exact) mass is 299 g/mol. The van der Waals surface area contributed by atoms with Gasteiger partial charge in [0.25, 0.3) is 5.56 Å². The normalized spacial score (nSPS) is 10.9. The van der Waals surface area contributed by atoms with E-state index in [9.17, 15) is 9.59 Å². The lowest BCUT2D eigenvalue weighted by Crippen LogP contribution is -2.21. The van der Waals surface area contributed by atoms with Crippen LogP contribution in [-0.4, -0.2) is 20.3 Å². The highest BCUT2D eigenvalue weighted by Gasteiger charge is 2.14. The van der Waals surface area contributed by atoms with E-state index >= 15 is 0 Å². The lowest BCUT2D eigenvalue weighted by molar-refractivity contribution is 0.103. The number of ketones is 1. The van der Waals surface area contributed by atoms with Crippen LogP contribution in [0.1, 0.15) is 23.0 Å². The van der Waals surface area contributed by atoms with Gasteiger partial charge in [-0.15, -0.1) is 0 Å². The topological polar surface area (TPSA) is 70.7 Å². The summed E-state index contributed by atoms with van der Waals surface area (Å²) in [6.07, 6.45) is 0. The van der Waals surface area contributed by atoms with E-state index in [4.69, 9.17) is 12.2 Å². The number of fused-ring (bicyclic) bond motifs is 1. The molecule has 3 aromatic rings. The Labute approximate surface area is 125 Å². The van der Waals surface area contributed by atoms with E-state index in [-0.39, 0.29) is 11.3 Å². The van der Waals surface area contributed by atoms with Gasteiger partial charge >= 0.3 is 0 Å². The molecule has 0 aliphatic heterocycles. The van der Waals surface area contributed by atoms with Gasteiger partial charge in [-0.05, 0) is 25.2 Å². The zero-order valence-corrected chi connectivity index (χ0v) is 12.2. The van der Waals surface area contributed by atoms with E-state index in [1.54, 1.807) is 30.3 Å². The number of rotatable bonds is 3. The Morgan fingerprint density at radius 3 is 2.62 bits per heavy atom. The van der Waals surface area contributed by atoms with E-state index in [0.29, 0.717) is 33.6 Å². The molecule has 3 rings (SSSR count). The number of aromatic amines is 2. The van der Waals surface area contributed by atoms with Gasteiger partial charge in [0.05, 0.1) is 11.2 Å². The quantitative estimate of drug-likeness (QED) is 0.577. The molecule has 5 nitrogen and oxygen atoms in total. The molecule has 2 heterocycles. The molecule has 0 fully saturated rings. The van der Waals surface area contributed by atoms with Crippen LogP contribution >= 0.6 is 12.2 Å². The first-order valence-electron chi connectivity index (χ1n) is 6.57. The molecule has 0 unspecified atom stereocenters. The number of carbonyl (C=O) groups is 1. The zero-order chi connectivity index (χ0) is 15.0. The summed E-state index contributed by atoms with van der Waals surface area (Å²) in [6.45, 7) is 2.32. The van der Waals surface area contributed by atoms with Gasteiger partial charge in [-0.25, -0.2) is 0 Å². The number of carbonyl (C=O) groups excluding carboxylic acids is 1. The van der Waals surface area contributed by atoms with Gasteiger partial charge in [0.15, 0.2) is 4.77 Å². The molecule has 0 amide bonds. The Morgan fingerprint density at radius 1 is 1.24 bits per heavy atom. The molecule has 0 atom stereocenters. The second kappa shape index (κ2) is 5.14. The van der Waals surface area contributed by atoms with Crippen molar-refractivity contribution < 1.29 is 4.79 Å². The number of hydrogen-bond acceptors (Lipinski definition) is 3. The minimum atomic E-state index is -0.219. The van der Waals surface area contributed by atoms with Gasteiger partial charge in [0.2, 0.25) is 5.78 Å². The zero-order valence-electron chi connectivity index (χ0n) is 11.3. The van der Waals surface area contributed by atoms with Crippen molar-refractivity contribution in [2.45, 2.75) is 13.5 Å². The second-order valence-corrected chi connectivity index (χ2v) is 5.03. The van der Waals surface area contributed by atoms with Crippen LogP contribution in [0.2, 0.25) is 0 Å². The summed E-state index contributed by atoms with van der Waals surface area (Å²) in [6, 6.07) is 10.5. The molecule has 2 aromatic heterocycles. The maximum atomic E-state index is 12.4. The summed E-state index contributed by atoms with van der Waals surface area (Å²) in [5.74, 6) is -0.159. The maximum Gasteiger partial charge on any atom is 0.278 e. The smallest absolute Gasteiger partial charge is 0.278 e. The highest BCUT2D eigenvalue weighted by molar-refractivity contribution is 7.71. The molecule has 0 aliphatic rings. The molecule has 0 saturated carbocycles. The number of benzene rings is 1. The van der Waals surface area contributed by atoms with Gasteiger partial charge in [-0.3, -0.25) is 14.2 Å². The number of aromatic nitrogens is 3. The van der Waals surface area contributed by atoms with Gasteiger partial charge in [0.1, 0.15) is 5.52 Å². The van der Waals surface area contributed by atoms with E-state index in [1.807, 2.05) is 13.0 Å². The average Bonchev–Trinajstić information content (AvgIpc) is 2.92. The molecule has 0 aliphatic carbocycles. The molecule has 6 heteroatoms. The fourth-order valence-electron chi connectivity index (χ4n) is 2.29. The first-order valence-corrected chi connectivity index (χ1v) is 6.98. The van der Waals surface area contributed by atoms with Crippen LogP contribution in [0.3, 0.4) is 0 Å². The molecule has 0 spiro atoms. The third kappa shape index (κ3) is 2.23. The van der Waals surface area contributed by atoms with Crippen LogP contribution in [0, 0.1) is 4.77 Å². The fourth-order valence-corrected chi connectivity index (χ4v) is 2.61. The van der Waals surface area contributed by atoms with Crippen LogP contribution in [0.4, 0.5) is 0 Å². The summed E-state index contributed by atoms with van der Waals surface area (Å²) in [5, 5.41) is 0. The van der Waals surface area contributed by atoms with Crippen molar-refractivity contribution in [2.24, 2.45) is 0 Å². The van der Waals surface area contributed by atoms with Crippen molar-refractivity contribution in [1.82, 2.24) is 14.5 Å². The number of hydrogen-bond donors (Lipinski definition) is 2. The van der Waals surface area contributed by atoms with Gasteiger partial charge < -0.3 is 9.97 Å². The van der Waals surface area contributed by atoms with Crippen molar-refractivity contribution in [1.29, 1.82) is 0 Å². The average molecular weight is 299 g/mol. The van der Waals surface area contributed by atoms with Gasteiger partial charge in [0, 0.05) is 12.1 Å². The van der Waals surface area contributed by atoms with Crippen LogP contribution in [0.25, 0.3) is 11.0 Å². The van der Waals surface area contributed by atoms with E-state index < -0.39 is 0 Å². The van der Waals surface area contributed by atoms with Gasteiger partial charge in [-0.1, -0.05) is 30.3 Å². The van der Waals surface area contributed by atoms with Crippen molar-refractivity contribution in [3.63, 3.8) is 0 Å². The number of nitrogens with one attached hydrogen (secondary N) is 2. The molecule has 106 valence electrons.